The molecule has 2 aliphatic rings. The Kier molecular flexibility index (Phi) is 4.65. The van der Waals surface area contributed by atoms with Crippen molar-refractivity contribution in [2.24, 2.45) is 5.92 Å². The lowest BCUT2D eigenvalue weighted by atomic mass is 10.1. The molecule has 3 rings (SSSR count). The minimum atomic E-state index is 0.915. The highest BCUT2D eigenvalue weighted by atomic mass is 15.3. The monoisotopic (exact) mass is 290 g/mol. The number of nitrogens with zero attached hydrogens (tertiary/aromatic N) is 4. The lowest BCUT2D eigenvalue weighted by Gasteiger charge is -2.28. The number of aryl methyl sites for hydroxylation is 3. The molecule has 2 fully saturated rings. The summed E-state index contributed by atoms with van der Waals surface area (Å²) in [5, 5.41) is 4.53. The summed E-state index contributed by atoms with van der Waals surface area (Å²) < 4.78 is 2.14. The van der Waals surface area contributed by atoms with E-state index in [0.29, 0.717) is 0 Å². The number of hydrogen-bond acceptors (Lipinski definition) is 3. The average molecular weight is 290 g/mol. The zero-order chi connectivity index (χ0) is 14.8. The van der Waals surface area contributed by atoms with E-state index < -0.39 is 0 Å². The van der Waals surface area contributed by atoms with Gasteiger partial charge in [-0.1, -0.05) is 0 Å². The van der Waals surface area contributed by atoms with Crippen LogP contribution in [0.25, 0.3) is 0 Å². The predicted octanol–water partition coefficient (Wildman–Crippen LogP) is 2.31. The van der Waals surface area contributed by atoms with Gasteiger partial charge in [-0.2, -0.15) is 5.10 Å². The molecule has 1 aliphatic heterocycles. The number of fused-ring (bicyclic) bond motifs is 2. The minimum Gasteiger partial charge on any atom is -0.305 e. The van der Waals surface area contributed by atoms with Gasteiger partial charge in [0.25, 0.3) is 0 Å². The number of hydrogen-bond donors (Lipinski definition) is 0. The Balaban J connectivity index is 1.33. The number of piperidine rings is 1. The summed E-state index contributed by atoms with van der Waals surface area (Å²) >= 11 is 0. The van der Waals surface area contributed by atoms with Crippen LogP contribution in [0, 0.1) is 19.8 Å². The summed E-state index contributed by atoms with van der Waals surface area (Å²) in [5.74, 6) is 1.02. The van der Waals surface area contributed by atoms with Gasteiger partial charge in [-0.25, -0.2) is 0 Å². The van der Waals surface area contributed by atoms with Gasteiger partial charge in [-0.15, -0.1) is 0 Å². The molecule has 1 aliphatic carbocycles. The van der Waals surface area contributed by atoms with Gasteiger partial charge in [0.05, 0.1) is 5.69 Å². The van der Waals surface area contributed by atoms with Crippen LogP contribution >= 0.6 is 0 Å². The Morgan fingerprint density at radius 3 is 2.71 bits per heavy atom. The molecule has 2 atom stereocenters. The molecule has 2 heterocycles. The van der Waals surface area contributed by atoms with E-state index in [0.717, 1.165) is 24.2 Å². The smallest absolute Gasteiger partial charge is 0.0596 e. The van der Waals surface area contributed by atoms with Gasteiger partial charge in [0.2, 0.25) is 0 Å². The Labute approximate surface area is 129 Å². The molecule has 21 heavy (non-hydrogen) atoms. The summed E-state index contributed by atoms with van der Waals surface area (Å²) in [5.41, 5.74) is 2.41. The molecule has 0 N–H and O–H groups in total. The van der Waals surface area contributed by atoms with Crippen LogP contribution in [-0.4, -0.2) is 58.8 Å². The second kappa shape index (κ2) is 6.49. The average Bonchev–Trinajstić information content (AvgIpc) is 3.13. The number of rotatable bonds is 7. The summed E-state index contributed by atoms with van der Waals surface area (Å²) in [6.45, 7) is 10.3. The fraction of sp³-hybridized carbons (Fsp3) is 0.824. The maximum absolute atomic E-state index is 4.53. The normalized spacial score (nSPS) is 25.3. The van der Waals surface area contributed by atoms with E-state index in [4.69, 9.17) is 0 Å². The standard InChI is InChI=1S/C17H30N4/c1-14-11-15(2)21(18-14)8-4-7-19(3)9-10-20-13-16-5-6-17(20)12-16/h11,16-17H,4-10,12-13H2,1-3H3/t16-,17+/m0/s1. The highest BCUT2D eigenvalue weighted by Gasteiger charge is 2.37. The van der Waals surface area contributed by atoms with Gasteiger partial charge in [0.1, 0.15) is 0 Å². The zero-order valence-electron chi connectivity index (χ0n) is 13.9. The summed E-state index contributed by atoms with van der Waals surface area (Å²) in [7, 11) is 2.26. The van der Waals surface area contributed by atoms with Crippen molar-refractivity contribution in [3.05, 3.63) is 17.5 Å². The molecular formula is C17H30N4. The van der Waals surface area contributed by atoms with Crippen molar-refractivity contribution in [1.82, 2.24) is 19.6 Å². The summed E-state index contributed by atoms with van der Waals surface area (Å²) in [4.78, 5) is 5.21. The molecule has 4 heteroatoms. The van der Waals surface area contributed by atoms with E-state index in [1.165, 1.54) is 57.6 Å². The van der Waals surface area contributed by atoms with E-state index in [1.54, 1.807) is 0 Å². The van der Waals surface area contributed by atoms with Gasteiger partial charge in [-0.05, 0) is 65.1 Å². The fourth-order valence-electron chi connectivity index (χ4n) is 4.10. The molecule has 0 aromatic carbocycles. The van der Waals surface area contributed by atoms with Crippen molar-refractivity contribution in [2.75, 3.05) is 33.2 Å². The first kappa shape index (κ1) is 15.0. The lowest BCUT2D eigenvalue weighted by molar-refractivity contribution is 0.183. The van der Waals surface area contributed by atoms with Crippen LogP contribution in [0.2, 0.25) is 0 Å². The Bertz CT molecular complexity index is 467. The second-order valence-electron chi connectivity index (χ2n) is 7.13. The Morgan fingerprint density at radius 1 is 1.24 bits per heavy atom. The third-order valence-electron chi connectivity index (χ3n) is 5.30. The van der Waals surface area contributed by atoms with Crippen molar-refractivity contribution < 1.29 is 0 Å². The first-order chi connectivity index (χ1) is 10.1. The third-order valence-corrected chi connectivity index (χ3v) is 5.30. The highest BCUT2D eigenvalue weighted by molar-refractivity contribution is 5.06. The van der Waals surface area contributed by atoms with Crippen LogP contribution in [0.5, 0.6) is 0 Å². The van der Waals surface area contributed by atoms with Crippen LogP contribution in [-0.2, 0) is 6.54 Å². The van der Waals surface area contributed by atoms with E-state index in [-0.39, 0.29) is 0 Å². The van der Waals surface area contributed by atoms with Gasteiger partial charge < -0.3 is 4.90 Å². The predicted molar refractivity (Wildman–Crippen MR) is 86.5 cm³/mol. The molecule has 1 saturated heterocycles. The largest absolute Gasteiger partial charge is 0.305 e. The zero-order valence-corrected chi connectivity index (χ0v) is 13.9. The molecule has 118 valence electrons. The molecule has 0 spiro atoms. The van der Waals surface area contributed by atoms with Gasteiger partial charge in [0, 0.05) is 37.9 Å². The Hall–Kier alpha value is -0.870. The van der Waals surface area contributed by atoms with E-state index in [2.05, 4.69) is 46.5 Å². The van der Waals surface area contributed by atoms with Crippen LogP contribution < -0.4 is 0 Å². The van der Waals surface area contributed by atoms with Gasteiger partial charge in [0.15, 0.2) is 0 Å². The highest BCUT2D eigenvalue weighted by Crippen LogP contribution is 2.36. The Morgan fingerprint density at radius 2 is 2.10 bits per heavy atom. The molecular weight excluding hydrogens is 260 g/mol. The number of likely N-dealkylation sites (tertiary alicyclic amines) is 1. The maximum atomic E-state index is 4.53. The van der Waals surface area contributed by atoms with E-state index in [9.17, 15) is 0 Å². The van der Waals surface area contributed by atoms with Crippen molar-refractivity contribution >= 4 is 0 Å². The maximum Gasteiger partial charge on any atom is 0.0596 e. The summed E-state index contributed by atoms with van der Waals surface area (Å²) in [6, 6.07) is 3.07. The number of aromatic nitrogens is 2. The van der Waals surface area contributed by atoms with Crippen molar-refractivity contribution in [3.63, 3.8) is 0 Å². The van der Waals surface area contributed by atoms with Crippen LogP contribution in [0.15, 0.2) is 6.07 Å². The van der Waals surface area contributed by atoms with E-state index in [1.807, 2.05) is 0 Å². The van der Waals surface area contributed by atoms with E-state index >= 15 is 0 Å². The topological polar surface area (TPSA) is 24.3 Å². The minimum absolute atomic E-state index is 0.915. The first-order valence-electron chi connectivity index (χ1n) is 8.55. The molecule has 2 bridgehead atoms. The SMILES string of the molecule is Cc1cc(C)n(CCCN(C)CCN2C[C@H]3CC[C@@H]2C3)n1. The number of likely N-dealkylation sites (N-methyl/N-ethyl adjacent to an activating group) is 1. The fourth-order valence-corrected chi connectivity index (χ4v) is 4.10. The van der Waals surface area contributed by atoms with Gasteiger partial charge in [-0.3, -0.25) is 9.58 Å². The second-order valence-corrected chi connectivity index (χ2v) is 7.13. The van der Waals surface area contributed by atoms with Crippen molar-refractivity contribution in [1.29, 1.82) is 0 Å². The molecule has 0 amide bonds. The van der Waals surface area contributed by atoms with Crippen LogP contribution in [0.4, 0.5) is 0 Å². The molecule has 4 nitrogen and oxygen atoms in total. The summed E-state index contributed by atoms with van der Waals surface area (Å²) in [6.07, 6.45) is 5.60. The molecule has 1 saturated carbocycles. The van der Waals surface area contributed by atoms with Crippen LogP contribution in [0.3, 0.4) is 0 Å². The molecule has 1 aromatic heterocycles. The third kappa shape index (κ3) is 3.67. The molecule has 1 aromatic rings. The first-order valence-corrected chi connectivity index (χ1v) is 8.55. The molecule has 0 radical (unpaired) electrons. The quantitative estimate of drug-likeness (QED) is 0.770. The lowest BCUT2D eigenvalue weighted by Crippen LogP contribution is -2.38. The van der Waals surface area contributed by atoms with Crippen molar-refractivity contribution in [3.8, 4) is 0 Å². The van der Waals surface area contributed by atoms with Gasteiger partial charge >= 0.3 is 0 Å². The van der Waals surface area contributed by atoms with Crippen LogP contribution in [0.1, 0.15) is 37.1 Å². The van der Waals surface area contributed by atoms with Crippen molar-refractivity contribution in [2.45, 2.75) is 52.1 Å². The molecule has 0 unspecified atom stereocenters.